The lowest BCUT2D eigenvalue weighted by atomic mass is 10.1. The predicted molar refractivity (Wildman–Crippen MR) is 91.1 cm³/mol. The summed E-state index contributed by atoms with van der Waals surface area (Å²) in [5.41, 5.74) is 5.52. The number of aromatic nitrogens is 1. The lowest BCUT2D eigenvalue weighted by Gasteiger charge is -1.99. The molecule has 0 bridgehead atoms. The highest BCUT2D eigenvalue weighted by Crippen LogP contribution is 2.25. The second kappa shape index (κ2) is 5.38. The number of fused-ring (bicyclic) bond motifs is 1. The molecule has 2 nitrogen and oxygen atoms in total. The fraction of sp³-hybridized carbons (Fsp3) is 0.167. The summed E-state index contributed by atoms with van der Waals surface area (Å²) < 4.78 is 2.19. The van der Waals surface area contributed by atoms with Crippen LogP contribution in [0.3, 0.4) is 0 Å². The van der Waals surface area contributed by atoms with E-state index < -0.39 is 0 Å². The molecule has 3 rings (SSSR count). The van der Waals surface area contributed by atoms with Crippen LogP contribution in [0.4, 0.5) is 5.69 Å². The van der Waals surface area contributed by atoms with Gasteiger partial charge in [-0.15, -0.1) is 0 Å². The quantitative estimate of drug-likeness (QED) is 0.578. The molecule has 0 radical (unpaired) electrons. The molecule has 1 heterocycles. The van der Waals surface area contributed by atoms with Gasteiger partial charge in [0.25, 0.3) is 0 Å². The van der Waals surface area contributed by atoms with Gasteiger partial charge in [0, 0.05) is 40.4 Å². The fourth-order valence-electron chi connectivity index (χ4n) is 2.51. The molecule has 0 saturated carbocycles. The van der Waals surface area contributed by atoms with Crippen molar-refractivity contribution in [1.82, 2.24) is 4.57 Å². The van der Waals surface area contributed by atoms with E-state index in [0.717, 1.165) is 21.8 Å². The lowest BCUT2D eigenvalue weighted by Crippen LogP contribution is -1.91. The highest BCUT2D eigenvalue weighted by molar-refractivity contribution is 6.31. The third-order valence-electron chi connectivity index (χ3n) is 3.95. The number of hydrogen-bond donors (Lipinski definition) is 0. The van der Waals surface area contributed by atoms with Crippen LogP contribution in [0.2, 0.25) is 5.02 Å². The summed E-state index contributed by atoms with van der Waals surface area (Å²) in [6, 6.07) is 14.2. The van der Waals surface area contributed by atoms with E-state index in [9.17, 15) is 0 Å². The van der Waals surface area contributed by atoms with E-state index in [1.54, 1.807) is 0 Å². The Morgan fingerprint density at radius 1 is 1.10 bits per heavy atom. The maximum atomic E-state index is 6.15. The van der Waals surface area contributed by atoms with Crippen molar-refractivity contribution in [2.24, 2.45) is 12.0 Å². The first kappa shape index (κ1) is 13.9. The molecule has 0 unspecified atom stereocenters. The van der Waals surface area contributed by atoms with Gasteiger partial charge < -0.3 is 4.57 Å². The Labute approximate surface area is 129 Å². The van der Waals surface area contributed by atoms with Gasteiger partial charge in [0.15, 0.2) is 0 Å². The van der Waals surface area contributed by atoms with E-state index in [2.05, 4.69) is 47.8 Å². The molecular formula is C18H17ClN2. The first-order valence-electron chi connectivity index (χ1n) is 6.92. The molecule has 106 valence electrons. The highest BCUT2D eigenvalue weighted by Gasteiger charge is 2.09. The first-order valence-corrected chi connectivity index (χ1v) is 7.30. The Balaban J connectivity index is 2.07. The monoisotopic (exact) mass is 296 g/mol. The minimum atomic E-state index is 0.749. The van der Waals surface area contributed by atoms with Crippen LogP contribution in [0.25, 0.3) is 10.9 Å². The van der Waals surface area contributed by atoms with Crippen molar-refractivity contribution in [3.05, 3.63) is 64.3 Å². The molecule has 0 atom stereocenters. The van der Waals surface area contributed by atoms with Crippen LogP contribution in [0.5, 0.6) is 0 Å². The van der Waals surface area contributed by atoms with E-state index >= 15 is 0 Å². The lowest BCUT2D eigenvalue weighted by molar-refractivity contribution is 0.917. The fourth-order valence-corrected chi connectivity index (χ4v) is 2.69. The van der Waals surface area contributed by atoms with Crippen LogP contribution in [-0.2, 0) is 7.05 Å². The van der Waals surface area contributed by atoms with Gasteiger partial charge in [-0.1, -0.05) is 35.9 Å². The number of aliphatic imine (C=N–C) groups is 1. The van der Waals surface area contributed by atoms with Crippen molar-refractivity contribution < 1.29 is 0 Å². The Morgan fingerprint density at radius 2 is 1.86 bits per heavy atom. The molecule has 0 N–H and O–H groups in total. The first-order chi connectivity index (χ1) is 10.1. The van der Waals surface area contributed by atoms with Crippen molar-refractivity contribution in [1.29, 1.82) is 0 Å². The van der Waals surface area contributed by atoms with Crippen LogP contribution in [0.15, 0.2) is 47.5 Å². The van der Waals surface area contributed by atoms with Crippen LogP contribution >= 0.6 is 11.6 Å². The molecule has 0 aliphatic rings. The number of aryl methyl sites for hydroxylation is 2. The number of hydrogen-bond acceptors (Lipinski definition) is 1. The summed E-state index contributed by atoms with van der Waals surface area (Å²) in [7, 11) is 2.08. The summed E-state index contributed by atoms with van der Waals surface area (Å²) in [4.78, 5) is 4.58. The van der Waals surface area contributed by atoms with E-state index in [-0.39, 0.29) is 0 Å². The van der Waals surface area contributed by atoms with Crippen LogP contribution in [0, 0.1) is 13.8 Å². The molecule has 21 heavy (non-hydrogen) atoms. The van der Waals surface area contributed by atoms with Gasteiger partial charge in [-0.2, -0.15) is 0 Å². The average molecular weight is 297 g/mol. The second-order valence-corrected chi connectivity index (χ2v) is 5.67. The molecule has 0 spiro atoms. The number of rotatable bonds is 2. The molecule has 0 fully saturated rings. The molecule has 0 amide bonds. The summed E-state index contributed by atoms with van der Waals surface area (Å²) in [6.07, 6.45) is 1.93. The zero-order valence-corrected chi connectivity index (χ0v) is 13.1. The molecular weight excluding hydrogens is 280 g/mol. The third kappa shape index (κ3) is 2.47. The molecule has 1 aromatic heterocycles. The van der Waals surface area contributed by atoms with Gasteiger partial charge in [-0.3, -0.25) is 4.99 Å². The zero-order valence-electron chi connectivity index (χ0n) is 12.4. The maximum Gasteiger partial charge on any atom is 0.0644 e. The van der Waals surface area contributed by atoms with Gasteiger partial charge in [0.2, 0.25) is 0 Å². The van der Waals surface area contributed by atoms with Crippen molar-refractivity contribution in [2.45, 2.75) is 13.8 Å². The summed E-state index contributed by atoms with van der Waals surface area (Å²) in [6.45, 7) is 4.11. The van der Waals surface area contributed by atoms with Gasteiger partial charge in [-0.25, -0.2) is 0 Å². The minimum Gasteiger partial charge on any atom is -0.347 e. The van der Waals surface area contributed by atoms with Crippen LogP contribution in [-0.4, -0.2) is 10.8 Å². The number of para-hydroxylation sites is 1. The molecule has 2 aromatic carbocycles. The van der Waals surface area contributed by atoms with Crippen LogP contribution in [0.1, 0.15) is 16.8 Å². The van der Waals surface area contributed by atoms with Gasteiger partial charge in [0.1, 0.15) is 0 Å². The Hall–Kier alpha value is -2.06. The zero-order chi connectivity index (χ0) is 15.0. The van der Waals surface area contributed by atoms with Gasteiger partial charge in [0.05, 0.1) is 5.69 Å². The Morgan fingerprint density at radius 3 is 2.62 bits per heavy atom. The SMILES string of the molecule is Cc1ccc(N=Cc2c(C)n(C)c3ccccc23)cc1Cl. The van der Waals surface area contributed by atoms with E-state index in [1.807, 2.05) is 31.3 Å². The molecule has 0 aliphatic carbocycles. The second-order valence-electron chi connectivity index (χ2n) is 5.27. The summed E-state index contributed by atoms with van der Waals surface area (Å²) in [5, 5.41) is 1.97. The predicted octanol–water partition coefficient (Wildman–Crippen LogP) is 5.20. The average Bonchev–Trinajstić information content (AvgIpc) is 2.73. The summed E-state index contributed by atoms with van der Waals surface area (Å²) in [5.74, 6) is 0. The molecule has 3 heteroatoms. The Bertz CT molecular complexity index is 844. The van der Waals surface area contributed by atoms with Crippen molar-refractivity contribution in [2.75, 3.05) is 0 Å². The molecule has 3 aromatic rings. The highest BCUT2D eigenvalue weighted by atomic mass is 35.5. The largest absolute Gasteiger partial charge is 0.347 e. The van der Waals surface area contributed by atoms with Crippen molar-refractivity contribution in [3.63, 3.8) is 0 Å². The van der Waals surface area contributed by atoms with E-state index in [1.165, 1.54) is 16.6 Å². The van der Waals surface area contributed by atoms with Crippen LogP contribution < -0.4 is 0 Å². The van der Waals surface area contributed by atoms with Gasteiger partial charge in [-0.05, 0) is 37.6 Å². The van der Waals surface area contributed by atoms with Crippen molar-refractivity contribution in [3.8, 4) is 0 Å². The van der Waals surface area contributed by atoms with E-state index in [4.69, 9.17) is 11.6 Å². The van der Waals surface area contributed by atoms with E-state index in [0.29, 0.717) is 0 Å². The molecule has 0 saturated heterocycles. The minimum absolute atomic E-state index is 0.749. The topological polar surface area (TPSA) is 17.3 Å². The standard InChI is InChI=1S/C18H17ClN2/c1-12-8-9-14(10-17(12)19)20-11-16-13(2)21(3)18-7-5-4-6-15(16)18/h4-11H,1-3H3. The number of halogens is 1. The smallest absolute Gasteiger partial charge is 0.0644 e. The maximum absolute atomic E-state index is 6.15. The van der Waals surface area contributed by atoms with Crippen molar-refractivity contribution >= 4 is 34.4 Å². The Kier molecular flexibility index (Phi) is 3.56. The number of nitrogens with zero attached hydrogens (tertiary/aromatic N) is 2. The number of benzene rings is 2. The normalized spacial score (nSPS) is 11.6. The molecule has 0 aliphatic heterocycles. The summed E-state index contributed by atoms with van der Waals surface area (Å²) >= 11 is 6.15. The third-order valence-corrected chi connectivity index (χ3v) is 4.35. The van der Waals surface area contributed by atoms with Gasteiger partial charge >= 0.3 is 0 Å².